The predicted octanol–water partition coefficient (Wildman–Crippen LogP) is 1.66. The van der Waals surface area contributed by atoms with Gasteiger partial charge in [-0.2, -0.15) is 0 Å². The highest BCUT2D eigenvalue weighted by molar-refractivity contribution is 5.76. The number of ether oxygens (including phenoxy) is 1. The fourth-order valence-corrected chi connectivity index (χ4v) is 2.43. The maximum Gasteiger partial charge on any atom is 0.303 e. The molecule has 5 nitrogen and oxygen atoms in total. The average Bonchev–Trinajstić information content (AvgIpc) is 2.37. The molecule has 0 aromatic carbocycles. The number of likely N-dealkylation sites (tertiary alicyclic amines) is 1. The summed E-state index contributed by atoms with van der Waals surface area (Å²) in [6.07, 6.45) is 5.00. The van der Waals surface area contributed by atoms with E-state index < -0.39 is 5.97 Å². The lowest BCUT2D eigenvalue weighted by atomic mass is 9.97. The first-order chi connectivity index (χ1) is 8.65. The maximum absolute atomic E-state index is 12.1. The van der Waals surface area contributed by atoms with Gasteiger partial charge in [-0.05, 0) is 32.1 Å². The van der Waals surface area contributed by atoms with Crippen LogP contribution in [-0.2, 0) is 14.3 Å². The lowest BCUT2D eigenvalue weighted by Crippen LogP contribution is -2.43. The number of amides is 1. The molecule has 5 heteroatoms. The average molecular weight is 257 g/mol. The Balaban J connectivity index is 2.42. The third-order valence-electron chi connectivity index (χ3n) is 3.38. The molecule has 1 amide bonds. The van der Waals surface area contributed by atoms with Crippen LogP contribution in [0.5, 0.6) is 0 Å². The quantitative estimate of drug-likeness (QED) is 0.704. The lowest BCUT2D eigenvalue weighted by molar-refractivity contribution is -0.140. The van der Waals surface area contributed by atoms with Gasteiger partial charge >= 0.3 is 5.97 Å². The molecule has 18 heavy (non-hydrogen) atoms. The predicted molar refractivity (Wildman–Crippen MR) is 67.3 cm³/mol. The van der Waals surface area contributed by atoms with Crippen LogP contribution in [0.1, 0.15) is 44.9 Å². The van der Waals surface area contributed by atoms with Gasteiger partial charge in [-0.3, -0.25) is 9.59 Å². The molecule has 1 saturated heterocycles. The molecule has 1 unspecified atom stereocenters. The third-order valence-corrected chi connectivity index (χ3v) is 3.38. The van der Waals surface area contributed by atoms with Crippen molar-refractivity contribution in [3.05, 3.63) is 0 Å². The number of carboxylic acid groups (broad SMARTS) is 1. The number of carboxylic acids is 1. The number of carbonyl (C=O) groups excluding carboxylic acids is 1. The lowest BCUT2D eigenvalue weighted by Gasteiger charge is -2.35. The van der Waals surface area contributed by atoms with Gasteiger partial charge < -0.3 is 14.7 Å². The maximum atomic E-state index is 12.1. The number of carbonyl (C=O) groups is 2. The summed E-state index contributed by atoms with van der Waals surface area (Å²) in [4.78, 5) is 24.5. The Morgan fingerprint density at radius 3 is 2.78 bits per heavy atom. The van der Waals surface area contributed by atoms with Crippen LogP contribution in [0.4, 0.5) is 0 Å². The third kappa shape index (κ3) is 5.04. The van der Waals surface area contributed by atoms with Crippen LogP contribution in [0.15, 0.2) is 0 Å². The molecule has 1 rings (SSSR count). The minimum absolute atomic E-state index is 0.116. The van der Waals surface area contributed by atoms with Gasteiger partial charge in [0.25, 0.3) is 0 Å². The van der Waals surface area contributed by atoms with E-state index in [4.69, 9.17) is 9.84 Å². The van der Waals surface area contributed by atoms with Crippen molar-refractivity contribution < 1.29 is 19.4 Å². The molecule has 104 valence electrons. The molecular weight excluding hydrogens is 234 g/mol. The summed E-state index contributed by atoms with van der Waals surface area (Å²) < 4.78 is 4.94. The van der Waals surface area contributed by atoms with Crippen LogP contribution in [-0.4, -0.2) is 48.2 Å². The van der Waals surface area contributed by atoms with Crippen molar-refractivity contribution in [1.82, 2.24) is 4.90 Å². The van der Waals surface area contributed by atoms with Gasteiger partial charge in [-0.1, -0.05) is 0 Å². The first kappa shape index (κ1) is 15.0. The van der Waals surface area contributed by atoms with Gasteiger partial charge in [0, 0.05) is 39.1 Å². The van der Waals surface area contributed by atoms with Gasteiger partial charge in [0.1, 0.15) is 0 Å². The van der Waals surface area contributed by atoms with Crippen molar-refractivity contribution in [2.24, 2.45) is 0 Å². The molecule has 0 saturated carbocycles. The number of methoxy groups -OCH3 is 1. The molecule has 1 aliphatic heterocycles. The minimum atomic E-state index is -0.785. The zero-order valence-corrected chi connectivity index (χ0v) is 11.1. The monoisotopic (exact) mass is 257 g/mol. The van der Waals surface area contributed by atoms with Crippen molar-refractivity contribution in [2.45, 2.75) is 51.0 Å². The van der Waals surface area contributed by atoms with Crippen LogP contribution in [0, 0.1) is 0 Å². The normalized spacial score (nSPS) is 19.8. The summed E-state index contributed by atoms with van der Waals surface area (Å²) in [6.45, 7) is 1.37. The van der Waals surface area contributed by atoms with E-state index in [2.05, 4.69) is 0 Å². The van der Waals surface area contributed by atoms with Crippen LogP contribution in [0.2, 0.25) is 0 Å². The standard InChI is InChI=1S/C13H23NO4/c1-18-10-4-6-12(15)14-9-3-2-5-11(14)7-8-13(16)17/h11H,2-10H2,1H3,(H,16,17). The van der Waals surface area contributed by atoms with Crippen LogP contribution in [0.25, 0.3) is 0 Å². The molecule has 1 heterocycles. The number of aliphatic carboxylic acids is 1. The molecule has 1 fully saturated rings. The van der Waals surface area contributed by atoms with E-state index in [0.29, 0.717) is 19.4 Å². The first-order valence-corrected chi connectivity index (χ1v) is 6.65. The number of hydrogen-bond donors (Lipinski definition) is 1. The van der Waals surface area contributed by atoms with E-state index >= 15 is 0 Å². The highest BCUT2D eigenvalue weighted by Gasteiger charge is 2.26. The van der Waals surface area contributed by atoms with Gasteiger partial charge in [0.05, 0.1) is 0 Å². The fourth-order valence-electron chi connectivity index (χ4n) is 2.43. The van der Waals surface area contributed by atoms with E-state index in [0.717, 1.165) is 32.2 Å². The largest absolute Gasteiger partial charge is 0.481 e. The SMILES string of the molecule is COCCCC(=O)N1CCCCC1CCC(=O)O. The second-order valence-electron chi connectivity index (χ2n) is 4.77. The molecule has 0 aromatic rings. The van der Waals surface area contributed by atoms with Crippen molar-refractivity contribution >= 4 is 11.9 Å². The van der Waals surface area contributed by atoms with E-state index in [1.165, 1.54) is 0 Å². The summed E-state index contributed by atoms with van der Waals surface area (Å²) in [5, 5.41) is 8.72. The number of rotatable bonds is 7. The number of nitrogens with zero attached hydrogens (tertiary/aromatic N) is 1. The van der Waals surface area contributed by atoms with Crippen LogP contribution in [0.3, 0.4) is 0 Å². The number of piperidine rings is 1. The molecule has 1 aliphatic rings. The molecule has 0 radical (unpaired) electrons. The van der Waals surface area contributed by atoms with E-state index in [1.807, 2.05) is 4.90 Å². The van der Waals surface area contributed by atoms with Crippen molar-refractivity contribution in [3.63, 3.8) is 0 Å². The van der Waals surface area contributed by atoms with Crippen molar-refractivity contribution in [2.75, 3.05) is 20.3 Å². The second-order valence-corrected chi connectivity index (χ2v) is 4.77. The molecule has 1 N–H and O–H groups in total. The van der Waals surface area contributed by atoms with E-state index in [9.17, 15) is 9.59 Å². The van der Waals surface area contributed by atoms with Crippen LogP contribution >= 0.6 is 0 Å². The Kier molecular flexibility index (Phi) is 6.72. The second kappa shape index (κ2) is 8.08. The first-order valence-electron chi connectivity index (χ1n) is 6.65. The summed E-state index contributed by atoms with van der Waals surface area (Å²) >= 11 is 0. The summed E-state index contributed by atoms with van der Waals surface area (Å²) in [5.41, 5.74) is 0. The van der Waals surface area contributed by atoms with Crippen molar-refractivity contribution in [3.8, 4) is 0 Å². The molecule has 0 aromatic heterocycles. The smallest absolute Gasteiger partial charge is 0.303 e. The topological polar surface area (TPSA) is 66.8 Å². The van der Waals surface area contributed by atoms with Gasteiger partial charge in [-0.25, -0.2) is 0 Å². The Morgan fingerprint density at radius 1 is 1.33 bits per heavy atom. The fraction of sp³-hybridized carbons (Fsp3) is 0.846. The molecule has 1 atom stereocenters. The Morgan fingerprint density at radius 2 is 2.11 bits per heavy atom. The highest BCUT2D eigenvalue weighted by Crippen LogP contribution is 2.22. The Hall–Kier alpha value is -1.10. The van der Waals surface area contributed by atoms with E-state index in [1.54, 1.807) is 7.11 Å². The zero-order chi connectivity index (χ0) is 13.4. The van der Waals surface area contributed by atoms with Gasteiger partial charge in [0.2, 0.25) is 5.91 Å². The molecule has 0 bridgehead atoms. The van der Waals surface area contributed by atoms with Crippen molar-refractivity contribution in [1.29, 1.82) is 0 Å². The van der Waals surface area contributed by atoms with Crippen LogP contribution < -0.4 is 0 Å². The van der Waals surface area contributed by atoms with E-state index in [-0.39, 0.29) is 18.4 Å². The Labute approximate surface area is 108 Å². The number of hydrogen-bond acceptors (Lipinski definition) is 3. The summed E-state index contributed by atoms with van der Waals surface area (Å²) in [6, 6.07) is 0.116. The van der Waals surface area contributed by atoms with Gasteiger partial charge in [-0.15, -0.1) is 0 Å². The molecular formula is C13H23NO4. The Bertz CT molecular complexity index is 280. The highest BCUT2D eigenvalue weighted by atomic mass is 16.5. The zero-order valence-electron chi connectivity index (χ0n) is 11.1. The summed E-state index contributed by atoms with van der Waals surface area (Å²) in [7, 11) is 1.63. The summed E-state index contributed by atoms with van der Waals surface area (Å²) in [5.74, 6) is -0.644. The van der Waals surface area contributed by atoms with Gasteiger partial charge in [0.15, 0.2) is 0 Å². The minimum Gasteiger partial charge on any atom is -0.481 e. The molecule has 0 spiro atoms. The molecule has 0 aliphatic carbocycles.